The first-order valence-corrected chi connectivity index (χ1v) is 12.0. The summed E-state index contributed by atoms with van der Waals surface area (Å²) in [5, 5.41) is 10.4. The lowest BCUT2D eigenvalue weighted by Gasteiger charge is -2.12. The van der Waals surface area contributed by atoms with E-state index in [9.17, 15) is 19.2 Å². The molecule has 10 nitrogen and oxygen atoms in total. The van der Waals surface area contributed by atoms with Crippen LogP contribution in [0.25, 0.3) is 16.7 Å². The van der Waals surface area contributed by atoms with E-state index in [0.717, 1.165) is 22.2 Å². The van der Waals surface area contributed by atoms with Crippen LogP contribution in [0.1, 0.15) is 37.8 Å². The Morgan fingerprint density at radius 2 is 1.78 bits per heavy atom. The number of fused-ring (bicyclic) bond motifs is 3. The normalized spacial score (nSPS) is 12.1. The van der Waals surface area contributed by atoms with Crippen molar-refractivity contribution in [2.75, 3.05) is 5.32 Å². The fourth-order valence-electron chi connectivity index (χ4n) is 4.05. The van der Waals surface area contributed by atoms with Crippen molar-refractivity contribution in [3.8, 4) is 0 Å². The van der Waals surface area contributed by atoms with Crippen LogP contribution in [0.5, 0.6) is 0 Å². The first kappa shape index (κ1) is 24.9. The zero-order chi connectivity index (χ0) is 26.0. The van der Waals surface area contributed by atoms with Crippen molar-refractivity contribution in [2.45, 2.75) is 59.7 Å². The van der Waals surface area contributed by atoms with Gasteiger partial charge in [-0.05, 0) is 56.5 Å². The molecule has 0 spiro atoms. The maximum atomic E-state index is 13.3. The Kier molecular flexibility index (Phi) is 7.05. The SMILES string of the molecule is CC[C@H](C)NC(=O)CCn1c(=O)c2ccccc2n2c(=O)n(CC(=O)Nc3cccc(C)c3C)nc12. The molecule has 0 aliphatic rings. The number of para-hydroxylation sites is 1. The molecule has 2 aromatic heterocycles. The number of benzene rings is 2. The van der Waals surface area contributed by atoms with Gasteiger partial charge in [0.05, 0.1) is 10.9 Å². The van der Waals surface area contributed by atoms with Gasteiger partial charge in [0.25, 0.3) is 5.56 Å². The lowest BCUT2D eigenvalue weighted by molar-refractivity contribution is -0.122. The molecule has 0 unspecified atom stereocenters. The molecule has 4 rings (SSSR count). The van der Waals surface area contributed by atoms with Crippen molar-refractivity contribution in [1.82, 2.24) is 24.1 Å². The Balaban J connectivity index is 1.72. The number of anilines is 1. The number of carbonyl (C=O) groups excluding carboxylic acids is 2. The van der Waals surface area contributed by atoms with E-state index < -0.39 is 11.6 Å². The zero-order valence-corrected chi connectivity index (χ0v) is 20.9. The minimum atomic E-state index is -0.546. The fourth-order valence-corrected chi connectivity index (χ4v) is 4.05. The summed E-state index contributed by atoms with van der Waals surface area (Å²) in [5.41, 5.74) is 2.12. The minimum Gasteiger partial charge on any atom is -0.354 e. The van der Waals surface area contributed by atoms with Crippen molar-refractivity contribution in [1.29, 1.82) is 0 Å². The van der Waals surface area contributed by atoms with Crippen LogP contribution in [-0.4, -0.2) is 36.6 Å². The topological polar surface area (TPSA) is 120 Å². The molecule has 0 saturated heterocycles. The molecule has 1 atom stereocenters. The summed E-state index contributed by atoms with van der Waals surface area (Å²) in [6.07, 6.45) is 0.836. The average Bonchev–Trinajstić information content (AvgIpc) is 3.17. The number of hydrogen-bond donors (Lipinski definition) is 2. The highest BCUT2D eigenvalue weighted by Crippen LogP contribution is 2.18. The first-order valence-electron chi connectivity index (χ1n) is 12.0. The first-order chi connectivity index (χ1) is 17.2. The van der Waals surface area contributed by atoms with E-state index in [1.54, 1.807) is 30.3 Å². The second-order valence-electron chi connectivity index (χ2n) is 8.97. The Labute approximate surface area is 207 Å². The van der Waals surface area contributed by atoms with Crippen LogP contribution in [0.2, 0.25) is 0 Å². The molecule has 4 aromatic rings. The standard InChI is InChI=1S/C26H30N6O4/c1-5-17(3)27-22(33)13-14-30-24(35)19-10-6-7-12-21(19)32-25(30)29-31(26(32)36)15-23(34)28-20-11-8-9-16(2)18(20)4/h6-12,17H,5,13-15H2,1-4H3,(H,27,33)(H,28,34)/t17-/m0/s1. The lowest BCUT2D eigenvalue weighted by Crippen LogP contribution is -2.34. The molecule has 0 bridgehead atoms. The monoisotopic (exact) mass is 490 g/mol. The molecule has 2 aromatic carbocycles. The van der Waals surface area contributed by atoms with Crippen LogP contribution in [0.4, 0.5) is 5.69 Å². The van der Waals surface area contributed by atoms with E-state index in [4.69, 9.17) is 0 Å². The second kappa shape index (κ2) is 10.2. The zero-order valence-electron chi connectivity index (χ0n) is 20.9. The molecule has 0 aliphatic carbocycles. The summed E-state index contributed by atoms with van der Waals surface area (Å²) in [4.78, 5) is 51.8. The van der Waals surface area contributed by atoms with Gasteiger partial charge in [0.1, 0.15) is 6.54 Å². The number of aryl methyl sites for hydroxylation is 2. The van der Waals surface area contributed by atoms with E-state index in [2.05, 4.69) is 15.7 Å². The average molecular weight is 491 g/mol. The number of nitrogens with one attached hydrogen (secondary N) is 2. The highest BCUT2D eigenvalue weighted by atomic mass is 16.2. The predicted molar refractivity (Wildman–Crippen MR) is 138 cm³/mol. The van der Waals surface area contributed by atoms with Gasteiger partial charge in [0, 0.05) is 24.7 Å². The molecular formula is C26H30N6O4. The Morgan fingerprint density at radius 1 is 1.03 bits per heavy atom. The third-order valence-corrected chi connectivity index (χ3v) is 6.44. The van der Waals surface area contributed by atoms with Crippen LogP contribution >= 0.6 is 0 Å². The molecule has 0 fully saturated rings. The Bertz CT molecular complexity index is 1580. The maximum absolute atomic E-state index is 13.3. The van der Waals surface area contributed by atoms with Gasteiger partial charge in [0.2, 0.25) is 17.6 Å². The van der Waals surface area contributed by atoms with Crippen LogP contribution in [0.15, 0.2) is 52.1 Å². The second-order valence-corrected chi connectivity index (χ2v) is 8.97. The summed E-state index contributed by atoms with van der Waals surface area (Å²) < 4.78 is 3.67. The van der Waals surface area contributed by atoms with Crippen LogP contribution in [0, 0.1) is 13.8 Å². The summed E-state index contributed by atoms with van der Waals surface area (Å²) >= 11 is 0. The number of amides is 2. The van der Waals surface area contributed by atoms with Crippen LogP contribution < -0.4 is 21.9 Å². The van der Waals surface area contributed by atoms with Crippen LogP contribution in [0.3, 0.4) is 0 Å². The van der Waals surface area contributed by atoms with E-state index in [1.807, 2.05) is 39.8 Å². The Morgan fingerprint density at radius 3 is 2.53 bits per heavy atom. The largest absolute Gasteiger partial charge is 0.354 e. The molecular weight excluding hydrogens is 460 g/mol. The maximum Gasteiger partial charge on any atom is 0.352 e. The highest BCUT2D eigenvalue weighted by molar-refractivity contribution is 5.91. The molecule has 10 heteroatoms. The quantitative estimate of drug-likeness (QED) is 0.393. The smallest absolute Gasteiger partial charge is 0.352 e. The van der Waals surface area contributed by atoms with Gasteiger partial charge in [0.15, 0.2) is 0 Å². The minimum absolute atomic E-state index is 0.0169. The third-order valence-electron chi connectivity index (χ3n) is 6.44. The number of rotatable bonds is 8. The highest BCUT2D eigenvalue weighted by Gasteiger charge is 2.19. The number of aromatic nitrogens is 4. The van der Waals surface area contributed by atoms with Crippen LogP contribution in [-0.2, 0) is 22.7 Å². The third kappa shape index (κ3) is 4.79. The van der Waals surface area contributed by atoms with E-state index in [0.29, 0.717) is 16.6 Å². The molecule has 0 saturated carbocycles. The molecule has 0 aliphatic heterocycles. The van der Waals surface area contributed by atoms with Gasteiger partial charge in [-0.3, -0.25) is 19.0 Å². The van der Waals surface area contributed by atoms with Crippen molar-refractivity contribution in [3.05, 3.63) is 74.4 Å². The molecule has 2 amide bonds. The number of hydrogen-bond acceptors (Lipinski definition) is 5. The summed E-state index contributed by atoms with van der Waals surface area (Å²) in [7, 11) is 0. The predicted octanol–water partition coefficient (Wildman–Crippen LogP) is 2.37. The van der Waals surface area contributed by atoms with Crippen molar-refractivity contribution < 1.29 is 9.59 Å². The van der Waals surface area contributed by atoms with Crippen molar-refractivity contribution in [3.63, 3.8) is 0 Å². The van der Waals surface area contributed by atoms with Gasteiger partial charge >= 0.3 is 5.69 Å². The van der Waals surface area contributed by atoms with E-state index >= 15 is 0 Å². The molecule has 188 valence electrons. The van der Waals surface area contributed by atoms with E-state index in [-0.39, 0.29) is 42.8 Å². The molecule has 2 heterocycles. The Hall–Kier alpha value is -4.21. The van der Waals surface area contributed by atoms with Gasteiger partial charge in [-0.2, -0.15) is 0 Å². The lowest BCUT2D eigenvalue weighted by atomic mass is 10.1. The molecule has 36 heavy (non-hydrogen) atoms. The van der Waals surface area contributed by atoms with Crippen molar-refractivity contribution in [2.24, 2.45) is 0 Å². The van der Waals surface area contributed by atoms with Gasteiger partial charge in [-0.1, -0.05) is 31.2 Å². The molecule has 0 radical (unpaired) electrons. The summed E-state index contributed by atoms with van der Waals surface area (Å²) in [6.45, 7) is 7.45. The van der Waals surface area contributed by atoms with Gasteiger partial charge < -0.3 is 10.6 Å². The summed E-state index contributed by atoms with van der Waals surface area (Å²) in [5.74, 6) is -0.530. The van der Waals surface area contributed by atoms with Gasteiger partial charge in [-0.25, -0.2) is 13.9 Å². The molecule has 2 N–H and O–H groups in total. The van der Waals surface area contributed by atoms with E-state index in [1.165, 1.54) is 8.97 Å². The number of nitrogens with zero attached hydrogens (tertiary/aromatic N) is 4. The fraction of sp³-hybridized carbons (Fsp3) is 0.346. The summed E-state index contributed by atoms with van der Waals surface area (Å²) in [6, 6.07) is 12.3. The number of carbonyl (C=O) groups is 2. The van der Waals surface area contributed by atoms with Crippen molar-refractivity contribution >= 4 is 34.2 Å². The van der Waals surface area contributed by atoms with Gasteiger partial charge in [-0.15, -0.1) is 5.10 Å².